The zero-order valence-corrected chi connectivity index (χ0v) is 19.0. The summed E-state index contributed by atoms with van der Waals surface area (Å²) in [6.07, 6.45) is 0. The third-order valence-corrected chi connectivity index (χ3v) is 8.74. The standard InChI is InChI=1S/C23H20N2O5S2/c1-17-13-15-21(24(17)31(27,28)19-9-5-3-6-10-19)23(26)22-16-14-18(2)25(22)32(29,30)20-11-7-4-8-12-20/h3-16H,1-2H3. The number of benzene rings is 2. The van der Waals surface area contributed by atoms with E-state index in [2.05, 4.69) is 0 Å². The monoisotopic (exact) mass is 468 g/mol. The van der Waals surface area contributed by atoms with Crippen LogP contribution in [0, 0.1) is 13.8 Å². The van der Waals surface area contributed by atoms with Crippen molar-refractivity contribution in [1.29, 1.82) is 0 Å². The van der Waals surface area contributed by atoms with Gasteiger partial charge in [-0.1, -0.05) is 36.4 Å². The highest BCUT2D eigenvalue weighted by molar-refractivity contribution is 7.90. The molecule has 2 heterocycles. The van der Waals surface area contributed by atoms with Gasteiger partial charge in [-0.2, -0.15) is 0 Å². The van der Waals surface area contributed by atoms with E-state index in [1.54, 1.807) is 50.2 Å². The summed E-state index contributed by atoms with van der Waals surface area (Å²) in [7, 11) is -8.13. The van der Waals surface area contributed by atoms with Crippen molar-refractivity contribution in [2.45, 2.75) is 23.6 Å². The van der Waals surface area contributed by atoms with Gasteiger partial charge in [-0.15, -0.1) is 0 Å². The van der Waals surface area contributed by atoms with Gasteiger partial charge in [0, 0.05) is 11.4 Å². The molecular weight excluding hydrogens is 448 g/mol. The molecule has 0 saturated carbocycles. The van der Waals surface area contributed by atoms with E-state index in [0.717, 1.165) is 7.94 Å². The van der Waals surface area contributed by atoms with Gasteiger partial charge in [0.1, 0.15) is 11.4 Å². The summed E-state index contributed by atoms with van der Waals surface area (Å²) in [5.41, 5.74) is 0.374. The average Bonchev–Trinajstić information content (AvgIpc) is 3.38. The number of carbonyl (C=O) groups excluding carboxylic acids is 1. The maximum absolute atomic E-state index is 13.5. The Labute approximate surface area is 186 Å². The lowest BCUT2D eigenvalue weighted by Gasteiger charge is -2.15. The molecule has 0 atom stereocenters. The Morgan fingerprint density at radius 2 is 0.906 bits per heavy atom. The van der Waals surface area contributed by atoms with E-state index in [4.69, 9.17) is 0 Å². The molecule has 0 spiro atoms. The number of carbonyl (C=O) groups is 1. The summed E-state index contributed by atoms with van der Waals surface area (Å²) in [6, 6.07) is 21.3. The number of aryl methyl sites for hydroxylation is 2. The van der Waals surface area contributed by atoms with Crippen molar-refractivity contribution in [2.75, 3.05) is 0 Å². The molecule has 0 aliphatic heterocycles. The van der Waals surface area contributed by atoms with Crippen LogP contribution in [-0.2, 0) is 20.0 Å². The predicted octanol–water partition coefficient (Wildman–Crippen LogP) is 3.61. The molecule has 0 radical (unpaired) electrons. The van der Waals surface area contributed by atoms with Crippen molar-refractivity contribution >= 4 is 25.8 Å². The molecule has 0 aliphatic rings. The number of nitrogens with zero attached hydrogens (tertiary/aromatic N) is 2. The highest BCUT2D eigenvalue weighted by atomic mass is 32.2. The van der Waals surface area contributed by atoms with E-state index < -0.39 is 25.8 Å². The Morgan fingerprint density at radius 1 is 0.562 bits per heavy atom. The Bertz CT molecular complexity index is 1400. The summed E-state index contributed by atoms with van der Waals surface area (Å²) < 4.78 is 55.0. The fourth-order valence-corrected chi connectivity index (χ4v) is 6.66. The van der Waals surface area contributed by atoms with Crippen LogP contribution in [0.5, 0.6) is 0 Å². The number of rotatable bonds is 6. The molecule has 7 nitrogen and oxygen atoms in total. The van der Waals surface area contributed by atoms with Gasteiger partial charge >= 0.3 is 0 Å². The van der Waals surface area contributed by atoms with Crippen LogP contribution in [-0.4, -0.2) is 30.6 Å². The summed E-state index contributed by atoms with van der Waals surface area (Å²) in [4.78, 5) is 13.5. The van der Waals surface area contributed by atoms with Crippen molar-refractivity contribution in [3.8, 4) is 0 Å². The first-order valence-electron chi connectivity index (χ1n) is 9.68. The van der Waals surface area contributed by atoms with E-state index in [1.807, 2.05) is 0 Å². The molecule has 0 amide bonds. The minimum Gasteiger partial charge on any atom is -0.285 e. The van der Waals surface area contributed by atoms with Gasteiger partial charge in [-0.25, -0.2) is 24.8 Å². The minimum atomic E-state index is -4.07. The summed E-state index contributed by atoms with van der Waals surface area (Å²) in [6.45, 7) is 3.14. The van der Waals surface area contributed by atoms with Gasteiger partial charge in [0.05, 0.1) is 9.79 Å². The van der Waals surface area contributed by atoms with Crippen molar-refractivity contribution in [3.63, 3.8) is 0 Å². The zero-order valence-electron chi connectivity index (χ0n) is 17.3. The predicted molar refractivity (Wildman–Crippen MR) is 120 cm³/mol. The molecule has 164 valence electrons. The Morgan fingerprint density at radius 3 is 1.25 bits per heavy atom. The van der Waals surface area contributed by atoms with E-state index in [0.29, 0.717) is 11.4 Å². The van der Waals surface area contributed by atoms with Crippen LogP contribution in [0.3, 0.4) is 0 Å². The highest BCUT2D eigenvalue weighted by Crippen LogP contribution is 2.25. The molecule has 0 aliphatic carbocycles. The Balaban J connectivity index is 1.88. The quantitative estimate of drug-likeness (QED) is 0.403. The number of hydrogen-bond donors (Lipinski definition) is 0. The normalized spacial score (nSPS) is 12.1. The Hall–Kier alpha value is -3.43. The Kier molecular flexibility index (Phi) is 5.39. The van der Waals surface area contributed by atoms with Gasteiger partial charge in [-0.3, -0.25) is 4.79 Å². The third-order valence-electron chi connectivity index (χ3n) is 5.07. The molecule has 4 aromatic rings. The average molecular weight is 469 g/mol. The van der Waals surface area contributed by atoms with Crippen molar-refractivity contribution in [1.82, 2.24) is 7.94 Å². The molecule has 0 N–H and O–H groups in total. The molecule has 0 fully saturated rings. The van der Waals surface area contributed by atoms with Crippen LogP contribution in [0.2, 0.25) is 0 Å². The van der Waals surface area contributed by atoms with Gasteiger partial charge < -0.3 is 0 Å². The molecule has 0 unspecified atom stereocenters. The lowest BCUT2D eigenvalue weighted by Crippen LogP contribution is -2.24. The van der Waals surface area contributed by atoms with Crippen molar-refractivity contribution in [2.24, 2.45) is 0 Å². The molecule has 0 bridgehead atoms. The largest absolute Gasteiger partial charge is 0.285 e. The van der Waals surface area contributed by atoms with Crippen LogP contribution in [0.25, 0.3) is 0 Å². The van der Waals surface area contributed by atoms with Crippen LogP contribution in [0.1, 0.15) is 27.6 Å². The second-order valence-corrected chi connectivity index (χ2v) is 10.8. The fourth-order valence-electron chi connectivity index (χ4n) is 3.55. The molecule has 0 saturated heterocycles. The van der Waals surface area contributed by atoms with Crippen LogP contribution in [0.15, 0.2) is 94.7 Å². The number of aromatic nitrogens is 2. The van der Waals surface area contributed by atoms with E-state index in [-0.39, 0.29) is 21.2 Å². The number of ketones is 1. The van der Waals surface area contributed by atoms with Crippen LogP contribution in [0.4, 0.5) is 0 Å². The highest BCUT2D eigenvalue weighted by Gasteiger charge is 2.30. The molecule has 4 rings (SSSR count). The van der Waals surface area contributed by atoms with E-state index in [1.165, 1.54) is 48.5 Å². The van der Waals surface area contributed by atoms with Crippen molar-refractivity contribution < 1.29 is 21.6 Å². The second-order valence-electron chi connectivity index (χ2n) is 7.21. The molecule has 2 aromatic heterocycles. The summed E-state index contributed by atoms with van der Waals surface area (Å²) >= 11 is 0. The lowest BCUT2D eigenvalue weighted by molar-refractivity contribution is 0.102. The smallest absolute Gasteiger partial charge is 0.268 e. The fraction of sp³-hybridized carbons (Fsp3) is 0.0870. The van der Waals surface area contributed by atoms with E-state index >= 15 is 0 Å². The molecular formula is C23H20N2O5S2. The van der Waals surface area contributed by atoms with Crippen LogP contribution >= 0.6 is 0 Å². The topological polar surface area (TPSA) is 95.2 Å². The van der Waals surface area contributed by atoms with Gasteiger partial charge in [0.15, 0.2) is 0 Å². The third kappa shape index (κ3) is 3.49. The van der Waals surface area contributed by atoms with Gasteiger partial charge in [-0.05, 0) is 62.4 Å². The summed E-state index contributed by atoms with van der Waals surface area (Å²) in [5.74, 6) is -0.717. The maximum atomic E-state index is 13.5. The number of hydrogen-bond acceptors (Lipinski definition) is 5. The second kappa shape index (κ2) is 7.92. The maximum Gasteiger partial charge on any atom is 0.268 e. The molecule has 2 aromatic carbocycles. The minimum absolute atomic E-state index is 0.0248. The van der Waals surface area contributed by atoms with Crippen LogP contribution < -0.4 is 0 Å². The van der Waals surface area contributed by atoms with Gasteiger partial charge in [0.25, 0.3) is 20.0 Å². The first-order valence-corrected chi connectivity index (χ1v) is 12.6. The summed E-state index contributed by atoms with van der Waals surface area (Å²) in [5, 5.41) is 0. The van der Waals surface area contributed by atoms with Gasteiger partial charge in [0.2, 0.25) is 5.78 Å². The van der Waals surface area contributed by atoms with Crippen molar-refractivity contribution in [3.05, 3.63) is 108 Å². The lowest BCUT2D eigenvalue weighted by atomic mass is 10.2. The SMILES string of the molecule is Cc1ccc(C(=O)c2ccc(C)n2S(=O)(=O)c2ccccc2)n1S(=O)(=O)c1ccccc1. The first-order chi connectivity index (χ1) is 15.2. The molecule has 32 heavy (non-hydrogen) atoms. The molecule has 9 heteroatoms. The van der Waals surface area contributed by atoms with E-state index in [9.17, 15) is 21.6 Å². The zero-order chi connectivity index (χ0) is 23.1. The first kappa shape index (κ1) is 21.8.